The van der Waals surface area contributed by atoms with E-state index < -0.39 is 7.14 Å². The summed E-state index contributed by atoms with van der Waals surface area (Å²) in [4.78, 5) is 5.04. The molecule has 0 aliphatic carbocycles. The third-order valence-electron chi connectivity index (χ3n) is 6.84. The molecular formula is C31H21N2OP. The number of benzene rings is 5. The van der Waals surface area contributed by atoms with Crippen LogP contribution in [0, 0.1) is 0 Å². The van der Waals surface area contributed by atoms with Gasteiger partial charge in [-0.2, -0.15) is 0 Å². The van der Waals surface area contributed by atoms with Crippen molar-refractivity contribution in [3.05, 3.63) is 127 Å². The highest BCUT2D eigenvalue weighted by atomic mass is 31.2. The van der Waals surface area contributed by atoms with Gasteiger partial charge in [-0.1, -0.05) is 103 Å². The Kier molecular flexibility index (Phi) is 4.42. The van der Waals surface area contributed by atoms with E-state index in [2.05, 4.69) is 46.9 Å². The molecule has 2 heterocycles. The molecule has 0 aliphatic heterocycles. The van der Waals surface area contributed by atoms with Crippen LogP contribution in [0.4, 0.5) is 0 Å². The van der Waals surface area contributed by atoms with Crippen molar-refractivity contribution in [2.24, 2.45) is 0 Å². The minimum Gasteiger partial charge on any atom is -0.309 e. The summed E-state index contributed by atoms with van der Waals surface area (Å²) < 4.78 is 17.2. The second-order valence-electron chi connectivity index (χ2n) is 8.79. The molecule has 0 fully saturated rings. The van der Waals surface area contributed by atoms with Crippen molar-refractivity contribution < 1.29 is 4.57 Å². The van der Waals surface area contributed by atoms with Gasteiger partial charge in [0.15, 0.2) is 7.14 Å². The van der Waals surface area contributed by atoms with Gasteiger partial charge in [0.2, 0.25) is 0 Å². The Morgan fingerprint density at radius 3 is 1.83 bits per heavy atom. The predicted molar refractivity (Wildman–Crippen MR) is 147 cm³/mol. The zero-order valence-corrected chi connectivity index (χ0v) is 19.8. The van der Waals surface area contributed by atoms with Crippen molar-refractivity contribution >= 4 is 61.4 Å². The molecule has 166 valence electrons. The van der Waals surface area contributed by atoms with Crippen LogP contribution in [0.2, 0.25) is 0 Å². The van der Waals surface area contributed by atoms with E-state index in [9.17, 15) is 0 Å². The molecular weight excluding hydrogens is 447 g/mol. The van der Waals surface area contributed by atoms with Crippen LogP contribution in [0.15, 0.2) is 127 Å². The first kappa shape index (κ1) is 20.2. The van der Waals surface area contributed by atoms with Crippen LogP contribution in [-0.4, -0.2) is 9.38 Å². The van der Waals surface area contributed by atoms with E-state index in [0.717, 1.165) is 54.3 Å². The van der Waals surface area contributed by atoms with E-state index in [0.29, 0.717) is 0 Å². The number of rotatable bonds is 3. The molecule has 0 amide bonds. The summed E-state index contributed by atoms with van der Waals surface area (Å²) in [7, 11) is -3.09. The topological polar surface area (TPSA) is 34.4 Å². The lowest BCUT2D eigenvalue weighted by atomic mass is 10.1. The van der Waals surface area contributed by atoms with Crippen LogP contribution < -0.4 is 15.9 Å². The fourth-order valence-electron chi connectivity index (χ4n) is 5.22. The molecule has 4 heteroatoms. The quantitative estimate of drug-likeness (QED) is 0.221. The van der Waals surface area contributed by atoms with Gasteiger partial charge in [0.1, 0.15) is 5.65 Å². The van der Waals surface area contributed by atoms with Crippen LogP contribution in [0.1, 0.15) is 0 Å². The number of pyridine rings is 1. The zero-order valence-electron chi connectivity index (χ0n) is 18.9. The van der Waals surface area contributed by atoms with Gasteiger partial charge in [0.05, 0.1) is 16.6 Å². The van der Waals surface area contributed by atoms with Gasteiger partial charge in [-0.05, 0) is 29.7 Å². The van der Waals surface area contributed by atoms with Crippen molar-refractivity contribution in [2.45, 2.75) is 0 Å². The van der Waals surface area contributed by atoms with Crippen LogP contribution >= 0.6 is 7.14 Å². The minimum absolute atomic E-state index is 0.812. The molecule has 0 bridgehead atoms. The maximum atomic E-state index is 15.0. The molecule has 7 aromatic rings. The molecule has 0 N–H and O–H groups in total. The highest BCUT2D eigenvalue weighted by Gasteiger charge is 2.30. The molecule has 3 nitrogen and oxygen atoms in total. The molecule has 0 saturated heterocycles. The molecule has 0 radical (unpaired) electrons. The third kappa shape index (κ3) is 2.92. The Morgan fingerprint density at radius 2 is 1.11 bits per heavy atom. The Bertz CT molecular complexity index is 1880. The largest absolute Gasteiger partial charge is 0.309 e. The van der Waals surface area contributed by atoms with Crippen molar-refractivity contribution in [2.75, 3.05) is 0 Å². The van der Waals surface area contributed by atoms with E-state index in [1.807, 2.05) is 84.9 Å². The molecule has 35 heavy (non-hydrogen) atoms. The fourth-order valence-corrected chi connectivity index (χ4v) is 7.89. The highest BCUT2D eigenvalue weighted by Crippen LogP contribution is 2.43. The van der Waals surface area contributed by atoms with E-state index in [-0.39, 0.29) is 0 Å². The first-order valence-electron chi connectivity index (χ1n) is 11.7. The first-order valence-corrected chi connectivity index (χ1v) is 13.4. The standard InChI is InChI=1S/C31H21N2OP/c34-35(22-11-3-1-4-12-22,23-13-5-2-6-14-23)24-19-20-25-26-15-7-9-17-29(26)33-30-18-10-8-16-28(30)32-31(33)27(25)21-24/h1-21H. The maximum absolute atomic E-state index is 15.0. The van der Waals surface area contributed by atoms with Crippen LogP contribution in [0.5, 0.6) is 0 Å². The summed E-state index contributed by atoms with van der Waals surface area (Å²) in [6.07, 6.45) is 0. The van der Waals surface area contributed by atoms with Crippen molar-refractivity contribution in [3.63, 3.8) is 0 Å². The summed E-state index contributed by atoms with van der Waals surface area (Å²) >= 11 is 0. The molecule has 0 spiro atoms. The smallest absolute Gasteiger partial charge is 0.171 e. The summed E-state index contributed by atoms with van der Waals surface area (Å²) in [6.45, 7) is 0. The van der Waals surface area contributed by atoms with Gasteiger partial charge in [0.25, 0.3) is 0 Å². The van der Waals surface area contributed by atoms with Gasteiger partial charge >= 0.3 is 0 Å². The maximum Gasteiger partial charge on any atom is 0.171 e. The number of hydrogen-bond acceptors (Lipinski definition) is 2. The van der Waals surface area contributed by atoms with Gasteiger partial charge in [0, 0.05) is 26.7 Å². The van der Waals surface area contributed by atoms with Crippen LogP contribution in [0.3, 0.4) is 0 Å². The first-order chi connectivity index (χ1) is 17.2. The van der Waals surface area contributed by atoms with Crippen LogP contribution in [-0.2, 0) is 4.57 Å². The average Bonchev–Trinajstić information content (AvgIpc) is 3.34. The second-order valence-corrected chi connectivity index (χ2v) is 11.6. The molecule has 7 rings (SSSR count). The van der Waals surface area contributed by atoms with E-state index >= 15 is 4.57 Å². The van der Waals surface area contributed by atoms with Gasteiger partial charge < -0.3 is 4.57 Å². The third-order valence-corrected chi connectivity index (χ3v) is 9.90. The number of imidazole rings is 1. The second kappa shape index (κ2) is 7.66. The lowest BCUT2D eigenvalue weighted by molar-refractivity contribution is 0.592. The lowest BCUT2D eigenvalue weighted by Crippen LogP contribution is -2.25. The summed E-state index contributed by atoms with van der Waals surface area (Å²) in [5.74, 6) is 0. The average molecular weight is 468 g/mol. The van der Waals surface area contributed by atoms with Crippen molar-refractivity contribution in [3.8, 4) is 0 Å². The fraction of sp³-hybridized carbons (Fsp3) is 0. The highest BCUT2D eigenvalue weighted by molar-refractivity contribution is 7.85. The summed E-state index contributed by atoms with van der Waals surface area (Å²) in [5.41, 5.74) is 4.02. The van der Waals surface area contributed by atoms with Gasteiger partial charge in [-0.3, -0.25) is 4.40 Å². The molecule has 2 aromatic heterocycles. The zero-order chi connectivity index (χ0) is 23.4. The van der Waals surface area contributed by atoms with Crippen LogP contribution in [0.25, 0.3) is 38.4 Å². The Morgan fingerprint density at radius 1 is 0.514 bits per heavy atom. The normalized spacial score (nSPS) is 12.1. The number of aromatic nitrogens is 2. The van der Waals surface area contributed by atoms with Gasteiger partial charge in [-0.15, -0.1) is 0 Å². The minimum atomic E-state index is -3.09. The molecule has 0 aliphatic rings. The number of hydrogen-bond donors (Lipinski definition) is 0. The monoisotopic (exact) mass is 468 g/mol. The van der Waals surface area contributed by atoms with E-state index in [1.165, 1.54) is 0 Å². The molecule has 0 saturated carbocycles. The number of para-hydroxylation sites is 3. The molecule has 0 atom stereocenters. The number of nitrogens with zero attached hydrogens (tertiary/aromatic N) is 2. The van der Waals surface area contributed by atoms with E-state index in [4.69, 9.17) is 4.98 Å². The molecule has 0 unspecified atom stereocenters. The summed E-state index contributed by atoms with van der Waals surface area (Å²) in [5, 5.41) is 5.74. The summed E-state index contributed by atoms with van der Waals surface area (Å²) in [6, 6.07) is 42.5. The lowest BCUT2D eigenvalue weighted by Gasteiger charge is -2.21. The van der Waals surface area contributed by atoms with Crippen molar-refractivity contribution in [1.82, 2.24) is 9.38 Å². The van der Waals surface area contributed by atoms with Crippen molar-refractivity contribution in [1.29, 1.82) is 0 Å². The van der Waals surface area contributed by atoms with Gasteiger partial charge in [-0.25, -0.2) is 4.98 Å². The SMILES string of the molecule is O=P(c1ccccc1)(c1ccccc1)c1ccc2c3ccccc3n3c4ccccc4nc3c2c1. The van der Waals surface area contributed by atoms with E-state index in [1.54, 1.807) is 0 Å². The Hall–Kier alpha value is -4.20. The Balaban J connectivity index is 1.63. The Labute approximate surface area is 202 Å². The number of fused-ring (bicyclic) bond motifs is 8. The predicted octanol–water partition coefficient (Wildman–Crippen LogP) is 6.43. The molecule has 5 aromatic carbocycles.